The number of thiocarbonyl (C=S) groups is 1. The Labute approximate surface area is 99.2 Å². The predicted octanol–water partition coefficient (Wildman–Crippen LogP) is 2.56. The van der Waals surface area contributed by atoms with Crippen LogP contribution >= 0.6 is 12.2 Å². The molecule has 1 unspecified atom stereocenters. The maximum Gasteiger partial charge on any atom is 0.0727 e. The third kappa shape index (κ3) is 6.10. The Hall–Kier alpha value is -0.150. The van der Waals surface area contributed by atoms with E-state index in [0.717, 1.165) is 18.8 Å². The number of hydrogen-bond donors (Lipinski definition) is 1. The van der Waals surface area contributed by atoms with Gasteiger partial charge in [0.05, 0.1) is 4.99 Å². The van der Waals surface area contributed by atoms with E-state index in [1.165, 1.54) is 45.3 Å². The van der Waals surface area contributed by atoms with Crippen LogP contribution in [-0.4, -0.2) is 29.5 Å². The number of unbranched alkanes of at least 4 members (excludes halogenated alkanes) is 1. The second-order valence-corrected chi connectivity index (χ2v) is 5.33. The Bertz CT molecular complexity index is 194. The first-order valence-electron chi connectivity index (χ1n) is 6.19. The Balaban J connectivity index is 2.07. The second-order valence-electron chi connectivity index (χ2n) is 4.80. The zero-order valence-corrected chi connectivity index (χ0v) is 10.7. The first kappa shape index (κ1) is 12.9. The number of nitrogens with zero attached hydrogens (tertiary/aromatic N) is 1. The molecule has 3 heteroatoms. The minimum atomic E-state index is 0.666. The van der Waals surface area contributed by atoms with Gasteiger partial charge in [0.2, 0.25) is 0 Å². The van der Waals surface area contributed by atoms with Crippen LogP contribution in [0, 0.1) is 5.92 Å². The summed E-state index contributed by atoms with van der Waals surface area (Å²) in [5.74, 6) is 0.923. The van der Waals surface area contributed by atoms with Crippen molar-refractivity contribution in [2.75, 3.05) is 19.6 Å². The van der Waals surface area contributed by atoms with Crippen molar-refractivity contribution in [2.45, 2.75) is 45.4 Å². The summed E-state index contributed by atoms with van der Waals surface area (Å²) in [5, 5.41) is 0. The van der Waals surface area contributed by atoms with Gasteiger partial charge in [-0.15, -0.1) is 0 Å². The molecule has 15 heavy (non-hydrogen) atoms. The minimum absolute atomic E-state index is 0.666. The molecular formula is C12H24N2S. The fraction of sp³-hybridized carbons (Fsp3) is 0.917. The van der Waals surface area contributed by atoms with Gasteiger partial charge in [0.1, 0.15) is 0 Å². The van der Waals surface area contributed by atoms with E-state index in [2.05, 4.69) is 11.8 Å². The molecule has 0 aromatic rings. The van der Waals surface area contributed by atoms with E-state index in [1.807, 2.05) is 0 Å². The average Bonchev–Trinajstić information content (AvgIpc) is 2.38. The zero-order chi connectivity index (χ0) is 11.1. The molecule has 1 aliphatic heterocycles. The van der Waals surface area contributed by atoms with Crippen LogP contribution < -0.4 is 5.73 Å². The zero-order valence-electron chi connectivity index (χ0n) is 9.87. The van der Waals surface area contributed by atoms with Crippen LogP contribution in [0.4, 0.5) is 0 Å². The van der Waals surface area contributed by atoms with Crippen molar-refractivity contribution in [3.8, 4) is 0 Å². The molecule has 88 valence electrons. The molecule has 0 amide bonds. The van der Waals surface area contributed by atoms with Crippen molar-refractivity contribution in [1.82, 2.24) is 4.90 Å². The Kier molecular flexibility index (Phi) is 6.18. The second kappa shape index (κ2) is 7.18. The number of hydrogen-bond acceptors (Lipinski definition) is 2. The summed E-state index contributed by atoms with van der Waals surface area (Å²) in [6, 6.07) is 0. The third-order valence-corrected chi connectivity index (χ3v) is 3.46. The quantitative estimate of drug-likeness (QED) is 0.579. The smallest absolute Gasteiger partial charge is 0.0727 e. The van der Waals surface area contributed by atoms with Gasteiger partial charge in [-0.2, -0.15) is 0 Å². The standard InChI is InChI=1S/C12H24N2S/c1-11-5-4-9-14(10-7-11)8-3-2-6-12(13)15/h11H,2-10H2,1H3,(H2,13,15). The predicted molar refractivity (Wildman–Crippen MR) is 70.1 cm³/mol. The van der Waals surface area contributed by atoms with Crippen LogP contribution in [0.3, 0.4) is 0 Å². The topological polar surface area (TPSA) is 29.3 Å². The Morgan fingerprint density at radius 3 is 2.87 bits per heavy atom. The number of likely N-dealkylation sites (tertiary alicyclic amines) is 1. The van der Waals surface area contributed by atoms with E-state index >= 15 is 0 Å². The fourth-order valence-corrected chi connectivity index (χ4v) is 2.33. The molecule has 2 N–H and O–H groups in total. The van der Waals surface area contributed by atoms with E-state index in [1.54, 1.807) is 0 Å². The normalized spacial score (nSPS) is 23.7. The molecule has 1 heterocycles. The highest BCUT2D eigenvalue weighted by Crippen LogP contribution is 2.16. The van der Waals surface area contributed by atoms with E-state index < -0.39 is 0 Å². The molecule has 0 spiro atoms. The van der Waals surface area contributed by atoms with Gasteiger partial charge in [-0.3, -0.25) is 0 Å². The SMILES string of the molecule is CC1CCCN(CCCCC(N)=S)CC1. The number of rotatable bonds is 5. The lowest BCUT2D eigenvalue weighted by Gasteiger charge is -2.19. The number of nitrogens with two attached hydrogens (primary N) is 1. The van der Waals surface area contributed by atoms with E-state index in [-0.39, 0.29) is 0 Å². The molecule has 0 aromatic heterocycles. The summed E-state index contributed by atoms with van der Waals surface area (Å²) in [4.78, 5) is 3.27. The van der Waals surface area contributed by atoms with Gasteiger partial charge < -0.3 is 10.6 Å². The van der Waals surface area contributed by atoms with Gasteiger partial charge in [-0.1, -0.05) is 19.1 Å². The summed E-state index contributed by atoms with van der Waals surface area (Å²) >= 11 is 4.87. The molecule has 0 aliphatic carbocycles. The van der Waals surface area contributed by atoms with E-state index in [0.29, 0.717) is 4.99 Å². The molecule has 0 saturated carbocycles. The van der Waals surface area contributed by atoms with Crippen LogP contribution in [0.15, 0.2) is 0 Å². The molecule has 0 radical (unpaired) electrons. The molecule has 1 saturated heterocycles. The van der Waals surface area contributed by atoms with E-state index in [9.17, 15) is 0 Å². The highest BCUT2D eigenvalue weighted by atomic mass is 32.1. The fourth-order valence-electron chi connectivity index (χ4n) is 2.18. The first-order valence-corrected chi connectivity index (χ1v) is 6.60. The van der Waals surface area contributed by atoms with Crippen LogP contribution in [0.2, 0.25) is 0 Å². The first-order chi connectivity index (χ1) is 7.18. The monoisotopic (exact) mass is 228 g/mol. The molecule has 1 atom stereocenters. The van der Waals surface area contributed by atoms with Crippen LogP contribution in [0.5, 0.6) is 0 Å². The van der Waals surface area contributed by atoms with Gasteiger partial charge in [0.15, 0.2) is 0 Å². The largest absolute Gasteiger partial charge is 0.393 e. The van der Waals surface area contributed by atoms with Crippen LogP contribution in [0.1, 0.15) is 45.4 Å². The van der Waals surface area contributed by atoms with Crippen molar-refractivity contribution in [3.05, 3.63) is 0 Å². The van der Waals surface area contributed by atoms with Crippen molar-refractivity contribution in [2.24, 2.45) is 11.7 Å². The van der Waals surface area contributed by atoms with Crippen LogP contribution in [-0.2, 0) is 0 Å². The highest BCUT2D eigenvalue weighted by Gasteiger charge is 2.12. The lowest BCUT2D eigenvalue weighted by molar-refractivity contribution is 0.276. The summed E-state index contributed by atoms with van der Waals surface area (Å²) in [6.45, 7) is 6.18. The van der Waals surface area contributed by atoms with Gasteiger partial charge in [-0.05, 0) is 64.1 Å². The lowest BCUT2D eigenvalue weighted by Crippen LogP contribution is -2.26. The minimum Gasteiger partial charge on any atom is -0.393 e. The lowest BCUT2D eigenvalue weighted by atomic mass is 10.0. The molecule has 0 aromatic carbocycles. The summed E-state index contributed by atoms with van der Waals surface area (Å²) in [5.41, 5.74) is 5.47. The third-order valence-electron chi connectivity index (χ3n) is 3.26. The molecule has 1 fully saturated rings. The molecular weight excluding hydrogens is 204 g/mol. The van der Waals surface area contributed by atoms with Gasteiger partial charge in [-0.25, -0.2) is 0 Å². The summed E-state index contributed by atoms with van der Waals surface area (Å²) < 4.78 is 0. The Morgan fingerprint density at radius 2 is 2.13 bits per heavy atom. The summed E-state index contributed by atoms with van der Waals surface area (Å²) in [7, 11) is 0. The van der Waals surface area contributed by atoms with Crippen molar-refractivity contribution < 1.29 is 0 Å². The Morgan fingerprint density at radius 1 is 1.33 bits per heavy atom. The molecule has 0 bridgehead atoms. The van der Waals surface area contributed by atoms with Crippen molar-refractivity contribution in [1.29, 1.82) is 0 Å². The summed E-state index contributed by atoms with van der Waals surface area (Å²) in [6.07, 6.45) is 7.46. The maximum atomic E-state index is 5.47. The van der Waals surface area contributed by atoms with Crippen molar-refractivity contribution in [3.63, 3.8) is 0 Å². The van der Waals surface area contributed by atoms with E-state index in [4.69, 9.17) is 18.0 Å². The van der Waals surface area contributed by atoms with Crippen molar-refractivity contribution >= 4 is 17.2 Å². The molecule has 1 aliphatic rings. The van der Waals surface area contributed by atoms with Gasteiger partial charge >= 0.3 is 0 Å². The maximum absolute atomic E-state index is 5.47. The molecule has 1 rings (SSSR count). The molecule has 2 nitrogen and oxygen atoms in total. The van der Waals surface area contributed by atoms with Gasteiger partial charge in [0, 0.05) is 0 Å². The average molecular weight is 228 g/mol. The van der Waals surface area contributed by atoms with Gasteiger partial charge in [0.25, 0.3) is 0 Å². The van der Waals surface area contributed by atoms with Crippen LogP contribution in [0.25, 0.3) is 0 Å². The highest BCUT2D eigenvalue weighted by molar-refractivity contribution is 7.80.